The molecular formula is C10H9N5O. The van der Waals surface area contributed by atoms with Gasteiger partial charge in [-0.3, -0.25) is 4.79 Å². The van der Waals surface area contributed by atoms with Crippen molar-refractivity contribution in [2.24, 2.45) is 5.73 Å². The molecule has 1 amide bonds. The molecule has 2 aromatic rings. The first-order valence-corrected chi connectivity index (χ1v) is 4.56. The number of rotatable bonds is 2. The Bertz CT molecular complexity index is 607. The van der Waals surface area contributed by atoms with Gasteiger partial charge in [0.2, 0.25) is 11.9 Å². The fourth-order valence-electron chi connectivity index (χ4n) is 1.53. The Kier molecular flexibility index (Phi) is 2.21. The summed E-state index contributed by atoms with van der Waals surface area (Å²) in [5.41, 5.74) is 12.5. The van der Waals surface area contributed by atoms with Gasteiger partial charge in [0.1, 0.15) is 6.54 Å². The van der Waals surface area contributed by atoms with Gasteiger partial charge in [-0.2, -0.15) is 5.26 Å². The molecule has 0 aliphatic rings. The summed E-state index contributed by atoms with van der Waals surface area (Å²) in [7, 11) is 0. The number of fused-ring (bicyclic) bond motifs is 1. The smallest absolute Gasteiger partial charge is 0.237 e. The molecule has 0 aliphatic heterocycles. The van der Waals surface area contributed by atoms with E-state index in [2.05, 4.69) is 4.98 Å². The molecule has 0 aliphatic carbocycles. The standard InChI is InChI=1S/C10H9N5O/c11-4-6-1-2-7-8(3-6)15(5-9(12)16)10(13)14-7/h1-3H,5H2,(H2,12,16)(H2,13,14). The molecule has 4 N–H and O–H groups in total. The molecule has 1 heterocycles. The first-order valence-electron chi connectivity index (χ1n) is 4.56. The van der Waals surface area contributed by atoms with Gasteiger partial charge in [-0.05, 0) is 18.2 Å². The van der Waals surface area contributed by atoms with Crippen molar-refractivity contribution in [1.82, 2.24) is 9.55 Å². The molecule has 2 rings (SSSR count). The van der Waals surface area contributed by atoms with E-state index in [0.29, 0.717) is 16.6 Å². The highest BCUT2D eigenvalue weighted by Gasteiger charge is 2.10. The Hall–Kier alpha value is -2.55. The molecule has 0 atom stereocenters. The summed E-state index contributed by atoms with van der Waals surface area (Å²) in [6.07, 6.45) is 0. The van der Waals surface area contributed by atoms with Crippen LogP contribution in [0.15, 0.2) is 18.2 Å². The van der Waals surface area contributed by atoms with Crippen LogP contribution in [0.1, 0.15) is 5.56 Å². The fourth-order valence-corrected chi connectivity index (χ4v) is 1.53. The summed E-state index contributed by atoms with van der Waals surface area (Å²) in [5.74, 6) is -0.294. The molecule has 0 saturated carbocycles. The van der Waals surface area contributed by atoms with Crippen molar-refractivity contribution >= 4 is 22.9 Å². The molecule has 0 bridgehead atoms. The Morgan fingerprint density at radius 3 is 2.94 bits per heavy atom. The Morgan fingerprint density at radius 2 is 2.31 bits per heavy atom. The third-order valence-electron chi connectivity index (χ3n) is 2.22. The van der Waals surface area contributed by atoms with Crippen LogP contribution >= 0.6 is 0 Å². The first kappa shape index (κ1) is 9.98. The highest BCUT2D eigenvalue weighted by Crippen LogP contribution is 2.18. The molecule has 1 aromatic carbocycles. The van der Waals surface area contributed by atoms with Crippen LogP contribution in [-0.4, -0.2) is 15.5 Å². The van der Waals surface area contributed by atoms with Crippen molar-refractivity contribution in [2.75, 3.05) is 5.73 Å². The van der Waals surface area contributed by atoms with Gasteiger partial charge in [-0.25, -0.2) is 4.98 Å². The molecule has 16 heavy (non-hydrogen) atoms. The average Bonchev–Trinajstić information content (AvgIpc) is 2.54. The number of primary amides is 1. The second kappa shape index (κ2) is 3.55. The Balaban J connectivity index is 2.66. The summed E-state index contributed by atoms with van der Waals surface area (Å²) in [6, 6.07) is 6.96. The zero-order chi connectivity index (χ0) is 11.7. The SMILES string of the molecule is N#Cc1ccc2nc(N)n(CC(N)=O)c2c1. The second-order valence-electron chi connectivity index (χ2n) is 3.34. The summed E-state index contributed by atoms with van der Waals surface area (Å²) >= 11 is 0. The minimum atomic E-state index is -0.506. The molecule has 0 unspecified atom stereocenters. The first-order chi connectivity index (χ1) is 7.61. The van der Waals surface area contributed by atoms with Crippen LogP contribution in [0.25, 0.3) is 11.0 Å². The number of nitrogen functional groups attached to an aromatic ring is 1. The molecule has 1 aromatic heterocycles. The van der Waals surface area contributed by atoms with Crippen LogP contribution in [0.5, 0.6) is 0 Å². The number of carbonyl (C=O) groups excluding carboxylic acids is 1. The topological polar surface area (TPSA) is 111 Å². The lowest BCUT2D eigenvalue weighted by Gasteiger charge is -2.02. The monoisotopic (exact) mass is 215 g/mol. The summed E-state index contributed by atoms with van der Waals surface area (Å²) in [6.45, 7) is -0.0444. The number of carbonyl (C=O) groups is 1. The lowest BCUT2D eigenvalue weighted by molar-refractivity contribution is -0.118. The zero-order valence-electron chi connectivity index (χ0n) is 8.34. The van der Waals surface area contributed by atoms with Crippen molar-refractivity contribution in [2.45, 2.75) is 6.54 Å². The summed E-state index contributed by atoms with van der Waals surface area (Å²) in [5, 5.41) is 8.77. The number of aromatic nitrogens is 2. The van der Waals surface area contributed by atoms with Crippen LogP contribution < -0.4 is 11.5 Å². The highest BCUT2D eigenvalue weighted by molar-refractivity contribution is 5.83. The van der Waals surface area contributed by atoms with E-state index in [1.54, 1.807) is 18.2 Å². The number of benzene rings is 1. The van der Waals surface area contributed by atoms with Crippen molar-refractivity contribution in [3.63, 3.8) is 0 Å². The van der Waals surface area contributed by atoms with E-state index in [-0.39, 0.29) is 12.5 Å². The van der Waals surface area contributed by atoms with Crippen molar-refractivity contribution in [3.05, 3.63) is 23.8 Å². The van der Waals surface area contributed by atoms with Crippen LogP contribution in [0.4, 0.5) is 5.95 Å². The van der Waals surface area contributed by atoms with Gasteiger partial charge in [0.25, 0.3) is 0 Å². The lowest BCUT2D eigenvalue weighted by Crippen LogP contribution is -2.19. The molecule has 0 saturated heterocycles. The average molecular weight is 215 g/mol. The number of anilines is 1. The predicted octanol–water partition coefficient (Wildman–Crippen LogP) is -0.0245. The minimum Gasteiger partial charge on any atom is -0.369 e. The third-order valence-corrected chi connectivity index (χ3v) is 2.22. The van der Waals surface area contributed by atoms with Gasteiger partial charge in [-0.1, -0.05) is 0 Å². The van der Waals surface area contributed by atoms with E-state index in [9.17, 15) is 4.79 Å². The highest BCUT2D eigenvalue weighted by atomic mass is 16.1. The predicted molar refractivity (Wildman–Crippen MR) is 58.1 cm³/mol. The molecule has 6 nitrogen and oxygen atoms in total. The number of hydrogen-bond acceptors (Lipinski definition) is 4. The summed E-state index contributed by atoms with van der Waals surface area (Å²) < 4.78 is 1.48. The van der Waals surface area contributed by atoms with Gasteiger partial charge >= 0.3 is 0 Å². The molecular weight excluding hydrogens is 206 g/mol. The quantitative estimate of drug-likeness (QED) is 0.732. The van der Waals surface area contributed by atoms with Gasteiger partial charge in [0, 0.05) is 0 Å². The van der Waals surface area contributed by atoms with E-state index >= 15 is 0 Å². The maximum atomic E-state index is 10.9. The lowest BCUT2D eigenvalue weighted by atomic mass is 10.2. The molecule has 6 heteroatoms. The minimum absolute atomic E-state index is 0.0444. The number of amides is 1. The number of nitriles is 1. The number of imidazole rings is 1. The van der Waals surface area contributed by atoms with Crippen molar-refractivity contribution in [3.8, 4) is 6.07 Å². The second-order valence-corrected chi connectivity index (χ2v) is 3.34. The van der Waals surface area contributed by atoms with Crippen LogP contribution in [-0.2, 0) is 11.3 Å². The van der Waals surface area contributed by atoms with E-state index in [4.69, 9.17) is 16.7 Å². The van der Waals surface area contributed by atoms with Crippen molar-refractivity contribution < 1.29 is 4.79 Å². The van der Waals surface area contributed by atoms with E-state index in [0.717, 1.165) is 0 Å². The number of nitrogens with two attached hydrogens (primary N) is 2. The van der Waals surface area contributed by atoms with Gasteiger partial charge in [0.05, 0.1) is 22.7 Å². The van der Waals surface area contributed by atoms with Crippen LogP contribution in [0, 0.1) is 11.3 Å². The Labute approximate surface area is 91.1 Å². The fraction of sp³-hybridized carbons (Fsp3) is 0.100. The summed E-state index contributed by atoms with van der Waals surface area (Å²) in [4.78, 5) is 14.9. The normalized spacial score (nSPS) is 10.2. The zero-order valence-corrected chi connectivity index (χ0v) is 8.34. The third kappa shape index (κ3) is 1.54. The number of hydrogen-bond donors (Lipinski definition) is 2. The molecule has 80 valence electrons. The van der Waals surface area contributed by atoms with Gasteiger partial charge in [0.15, 0.2) is 0 Å². The van der Waals surface area contributed by atoms with Crippen molar-refractivity contribution in [1.29, 1.82) is 5.26 Å². The van der Waals surface area contributed by atoms with Crippen LogP contribution in [0.2, 0.25) is 0 Å². The van der Waals surface area contributed by atoms with E-state index in [1.807, 2.05) is 6.07 Å². The number of nitrogens with zero attached hydrogens (tertiary/aromatic N) is 3. The van der Waals surface area contributed by atoms with Crippen LogP contribution in [0.3, 0.4) is 0 Å². The van der Waals surface area contributed by atoms with Gasteiger partial charge < -0.3 is 16.0 Å². The van der Waals surface area contributed by atoms with Gasteiger partial charge in [-0.15, -0.1) is 0 Å². The molecule has 0 fully saturated rings. The largest absolute Gasteiger partial charge is 0.369 e. The van der Waals surface area contributed by atoms with E-state index in [1.165, 1.54) is 4.57 Å². The molecule has 0 spiro atoms. The van der Waals surface area contributed by atoms with E-state index < -0.39 is 5.91 Å². The molecule has 0 radical (unpaired) electrons. The Morgan fingerprint density at radius 1 is 1.56 bits per heavy atom. The maximum Gasteiger partial charge on any atom is 0.237 e. The maximum absolute atomic E-state index is 10.9.